The molecule has 4 heteroatoms. The van der Waals surface area contributed by atoms with Crippen LogP contribution in [-0.2, 0) is 9.59 Å². The largest absolute Gasteiger partial charge is 0.359 e. The first kappa shape index (κ1) is 25.0. The maximum atomic E-state index is 11.9. The summed E-state index contributed by atoms with van der Waals surface area (Å²) >= 11 is 0. The third-order valence-electron chi connectivity index (χ3n) is 6.15. The molecule has 0 heterocycles. The van der Waals surface area contributed by atoms with Crippen LogP contribution >= 0.6 is 0 Å². The van der Waals surface area contributed by atoms with Crippen LogP contribution in [0.15, 0.2) is 0 Å². The summed E-state index contributed by atoms with van der Waals surface area (Å²) in [5.74, 6) is 1.17. The van der Waals surface area contributed by atoms with Crippen molar-refractivity contribution >= 4 is 11.8 Å². The van der Waals surface area contributed by atoms with Crippen molar-refractivity contribution in [1.29, 1.82) is 0 Å². The predicted molar refractivity (Wildman–Crippen MR) is 118 cm³/mol. The molecule has 2 N–H and O–H groups in total. The smallest absolute Gasteiger partial charge is 0.220 e. The summed E-state index contributed by atoms with van der Waals surface area (Å²) in [5.41, 5.74) is 0. The third-order valence-corrected chi connectivity index (χ3v) is 6.15. The monoisotopic (exact) mass is 394 g/mol. The molecule has 28 heavy (non-hydrogen) atoms. The van der Waals surface area contributed by atoms with E-state index in [1.54, 1.807) is 7.05 Å². The van der Waals surface area contributed by atoms with E-state index in [4.69, 9.17) is 0 Å². The van der Waals surface area contributed by atoms with E-state index in [2.05, 4.69) is 10.6 Å². The molecule has 0 aromatic heterocycles. The molecule has 0 radical (unpaired) electrons. The van der Waals surface area contributed by atoms with Gasteiger partial charge in [0, 0.05) is 26.4 Å². The van der Waals surface area contributed by atoms with E-state index < -0.39 is 0 Å². The zero-order valence-electron chi connectivity index (χ0n) is 18.5. The van der Waals surface area contributed by atoms with Crippen molar-refractivity contribution in [3.8, 4) is 0 Å². The SMILES string of the molecule is CNC(=O)CCCCCCCCCCCCCCC(=O)NCC1CCCCC1. The summed E-state index contributed by atoms with van der Waals surface area (Å²) in [6, 6.07) is 0. The number of hydrogen-bond donors (Lipinski definition) is 2. The Morgan fingerprint density at radius 2 is 1.07 bits per heavy atom. The zero-order chi connectivity index (χ0) is 20.3. The highest BCUT2D eigenvalue weighted by Gasteiger charge is 2.13. The lowest BCUT2D eigenvalue weighted by molar-refractivity contribution is -0.122. The van der Waals surface area contributed by atoms with Gasteiger partial charge in [0.2, 0.25) is 11.8 Å². The molecule has 2 amide bonds. The van der Waals surface area contributed by atoms with E-state index in [9.17, 15) is 9.59 Å². The van der Waals surface area contributed by atoms with Crippen molar-refractivity contribution in [3.63, 3.8) is 0 Å². The summed E-state index contributed by atoms with van der Waals surface area (Å²) in [4.78, 5) is 23.0. The van der Waals surface area contributed by atoms with Crippen LogP contribution in [-0.4, -0.2) is 25.4 Å². The molecule has 4 nitrogen and oxygen atoms in total. The molecule has 0 aromatic rings. The highest BCUT2D eigenvalue weighted by Crippen LogP contribution is 2.22. The average molecular weight is 395 g/mol. The molecule has 164 valence electrons. The Balaban J connectivity index is 1.74. The fraction of sp³-hybridized carbons (Fsp3) is 0.917. The molecule has 0 bridgehead atoms. The predicted octanol–water partition coefficient (Wildman–Crippen LogP) is 5.89. The van der Waals surface area contributed by atoms with E-state index in [0.29, 0.717) is 12.8 Å². The van der Waals surface area contributed by atoms with Crippen molar-refractivity contribution in [2.75, 3.05) is 13.6 Å². The molecule has 1 aliphatic rings. The van der Waals surface area contributed by atoms with Crippen LogP contribution in [0.3, 0.4) is 0 Å². The van der Waals surface area contributed by atoms with E-state index in [1.807, 2.05) is 0 Å². The van der Waals surface area contributed by atoms with Crippen molar-refractivity contribution in [3.05, 3.63) is 0 Å². The van der Waals surface area contributed by atoms with Crippen LogP contribution in [0.1, 0.15) is 122 Å². The number of hydrogen-bond acceptors (Lipinski definition) is 2. The second-order valence-electron chi connectivity index (χ2n) is 8.72. The van der Waals surface area contributed by atoms with Crippen molar-refractivity contribution in [1.82, 2.24) is 10.6 Å². The van der Waals surface area contributed by atoms with Crippen LogP contribution < -0.4 is 10.6 Å². The topological polar surface area (TPSA) is 58.2 Å². The van der Waals surface area contributed by atoms with Crippen LogP contribution in [0.2, 0.25) is 0 Å². The Bertz CT molecular complexity index is 392. The summed E-state index contributed by atoms with van der Waals surface area (Å²) < 4.78 is 0. The van der Waals surface area contributed by atoms with Gasteiger partial charge in [0.1, 0.15) is 0 Å². The summed E-state index contributed by atoms with van der Waals surface area (Å²) in [7, 11) is 1.71. The Morgan fingerprint density at radius 1 is 0.643 bits per heavy atom. The second-order valence-corrected chi connectivity index (χ2v) is 8.72. The number of unbranched alkanes of at least 4 members (excludes halogenated alkanes) is 11. The van der Waals surface area contributed by atoms with Gasteiger partial charge in [-0.3, -0.25) is 9.59 Å². The van der Waals surface area contributed by atoms with Gasteiger partial charge in [-0.25, -0.2) is 0 Å². The first-order chi connectivity index (χ1) is 13.7. The lowest BCUT2D eigenvalue weighted by Gasteiger charge is -2.21. The van der Waals surface area contributed by atoms with Gasteiger partial charge < -0.3 is 10.6 Å². The van der Waals surface area contributed by atoms with E-state index in [0.717, 1.165) is 25.3 Å². The van der Waals surface area contributed by atoms with Crippen LogP contribution in [0.4, 0.5) is 0 Å². The minimum atomic E-state index is 0.167. The fourth-order valence-electron chi connectivity index (χ4n) is 4.20. The van der Waals surface area contributed by atoms with Crippen LogP contribution in [0.5, 0.6) is 0 Å². The van der Waals surface area contributed by atoms with Gasteiger partial charge in [-0.15, -0.1) is 0 Å². The summed E-state index contributed by atoms with van der Waals surface area (Å²) in [5, 5.41) is 5.82. The standard InChI is InChI=1S/C24H46N2O2/c1-25-23(27)19-15-10-8-6-4-2-3-5-7-9-11-16-20-24(28)26-21-22-17-13-12-14-18-22/h22H,2-21H2,1H3,(H,25,27)(H,26,28). The fourth-order valence-corrected chi connectivity index (χ4v) is 4.20. The molecule has 0 atom stereocenters. The Kier molecular flexibility index (Phi) is 16.1. The van der Waals surface area contributed by atoms with Crippen molar-refractivity contribution in [2.24, 2.45) is 5.92 Å². The summed E-state index contributed by atoms with van der Waals surface area (Å²) in [6.07, 6.45) is 23.1. The second kappa shape index (κ2) is 18.0. The minimum absolute atomic E-state index is 0.167. The van der Waals surface area contributed by atoms with Gasteiger partial charge in [-0.2, -0.15) is 0 Å². The van der Waals surface area contributed by atoms with Gasteiger partial charge in [0.05, 0.1) is 0 Å². The van der Waals surface area contributed by atoms with E-state index in [1.165, 1.54) is 96.3 Å². The molecule has 0 saturated heterocycles. The Labute approximate surface area is 174 Å². The van der Waals surface area contributed by atoms with Gasteiger partial charge in [-0.1, -0.05) is 83.5 Å². The summed E-state index contributed by atoms with van der Waals surface area (Å²) in [6.45, 7) is 0.910. The Hall–Kier alpha value is -1.06. The van der Waals surface area contributed by atoms with Crippen LogP contribution in [0.25, 0.3) is 0 Å². The molecule has 1 fully saturated rings. The highest BCUT2D eigenvalue weighted by atomic mass is 16.2. The maximum Gasteiger partial charge on any atom is 0.220 e. The van der Waals surface area contributed by atoms with Gasteiger partial charge in [0.15, 0.2) is 0 Å². The highest BCUT2D eigenvalue weighted by molar-refractivity contribution is 5.75. The quantitative estimate of drug-likeness (QED) is 0.302. The number of carbonyl (C=O) groups excluding carboxylic acids is 2. The number of amides is 2. The molecule has 1 rings (SSSR count). The zero-order valence-corrected chi connectivity index (χ0v) is 18.5. The molecular weight excluding hydrogens is 348 g/mol. The van der Waals surface area contributed by atoms with Crippen molar-refractivity contribution in [2.45, 2.75) is 122 Å². The minimum Gasteiger partial charge on any atom is -0.359 e. The van der Waals surface area contributed by atoms with Gasteiger partial charge in [0.25, 0.3) is 0 Å². The lowest BCUT2D eigenvalue weighted by atomic mass is 9.89. The van der Waals surface area contributed by atoms with E-state index >= 15 is 0 Å². The number of rotatable bonds is 17. The molecule has 0 unspecified atom stereocenters. The van der Waals surface area contributed by atoms with Gasteiger partial charge in [-0.05, 0) is 31.6 Å². The van der Waals surface area contributed by atoms with Crippen molar-refractivity contribution < 1.29 is 9.59 Å². The first-order valence-electron chi connectivity index (χ1n) is 12.2. The lowest BCUT2D eigenvalue weighted by Crippen LogP contribution is -2.29. The molecular formula is C24H46N2O2. The number of carbonyl (C=O) groups is 2. The average Bonchev–Trinajstić information content (AvgIpc) is 2.73. The van der Waals surface area contributed by atoms with E-state index in [-0.39, 0.29) is 11.8 Å². The third kappa shape index (κ3) is 14.9. The number of nitrogens with one attached hydrogen (secondary N) is 2. The molecule has 0 aromatic carbocycles. The molecule has 1 saturated carbocycles. The maximum absolute atomic E-state index is 11.9. The van der Waals surface area contributed by atoms with Crippen LogP contribution in [0, 0.1) is 5.92 Å². The normalized spacial score (nSPS) is 14.8. The molecule has 0 aliphatic heterocycles. The Morgan fingerprint density at radius 3 is 1.54 bits per heavy atom. The first-order valence-corrected chi connectivity index (χ1v) is 12.2. The molecule has 1 aliphatic carbocycles. The van der Waals surface area contributed by atoms with Gasteiger partial charge >= 0.3 is 0 Å². The molecule has 0 spiro atoms.